The number of rotatable bonds is 2. The standard InChI is InChI=1S/C17H23ClN2O2.ClH/c18-14-8-12(9-16-17(14)22-7-1-6-21-16)10-20-5-3-15-13(11-20)2-4-19-15;/h8-9,13,15,19H,1-7,10-11H2;1H. The molecule has 0 radical (unpaired) electrons. The summed E-state index contributed by atoms with van der Waals surface area (Å²) < 4.78 is 11.5. The van der Waals surface area contributed by atoms with Gasteiger partial charge in [-0.3, -0.25) is 4.90 Å². The molecule has 1 aromatic rings. The minimum atomic E-state index is 0. The summed E-state index contributed by atoms with van der Waals surface area (Å²) in [4.78, 5) is 2.55. The lowest BCUT2D eigenvalue weighted by atomic mass is 9.93. The predicted octanol–water partition coefficient (Wildman–Crippen LogP) is 3.11. The Hall–Kier alpha value is -0.680. The van der Waals surface area contributed by atoms with E-state index in [1.165, 1.54) is 31.5 Å². The monoisotopic (exact) mass is 358 g/mol. The fraction of sp³-hybridized carbons (Fsp3) is 0.647. The zero-order valence-electron chi connectivity index (χ0n) is 13.2. The molecule has 1 N–H and O–H groups in total. The highest BCUT2D eigenvalue weighted by Gasteiger charge is 2.32. The molecule has 1 aromatic carbocycles. The molecule has 0 spiro atoms. The average molecular weight is 359 g/mol. The number of hydrogen-bond donors (Lipinski definition) is 1. The molecule has 0 bridgehead atoms. The maximum atomic E-state index is 6.39. The first-order valence-corrected chi connectivity index (χ1v) is 8.71. The number of nitrogens with zero attached hydrogens (tertiary/aromatic N) is 1. The van der Waals surface area contributed by atoms with E-state index >= 15 is 0 Å². The second kappa shape index (κ2) is 7.47. The van der Waals surface area contributed by atoms with Crippen molar-refractivity contribution in [3.63, 3.8) is 0 Å². The lowest BCUT2D eigenvalue weighted by molar-refractivity contribution is 0.156. The van der Waals surface area contributed by atoms with Crippen LogP contribution in [0.15, 0.2) is 12.1 Å². The topological polar surface area (TPSA) is 33.7 Å². The maximum absolute atomic E-state index is 6.39. The van der Waals surface area contributed by atoms with Crippen LogP contribution in [-0.4, -0.2) is 43.8 Å². The van der Waals surface area contributed by atoms with Crippen molar-refractivity contribution in [2.45, 2.75) is 31.8 Å². The van der Waals surface area contributed by atoms with Crippen molar-refractivity contribution < 1.29 is 9.47 Å². The zero-order valence-corrected chi connectivity index (χ0v) is 14.8. The summed E-state index contributed by atoms with van der Waals surface area (Å²) in [5.41, 5.74) is 1.22. The number of piperidine rings is 1. The molecule has 3 heterocycles. The van der Waals surface area contributed by atoms with Crippen molar-refractivity contribution in [2.75, 3.05) is 32.8 Å². The first kappa shape index (κ1) is 17.2. The van der Waals surface area contributed by atoms with E-state index < -0.39 is 0 Å². The van der Waals surface area contributed by atoms with Gasteiger partial charge in [-0.25, -0.2) is 0 Å². The van der Waals surface area contributed by atoms with E-state index in [4.69, 9.17) is 21.1 Å². The zero-order chi connectivity index (χ0) is 14.9. The van der Waals surface area contributed by atoms with Crippen LogP contribution in [0, 0.1) is 5.92 Å². The first-order chi connectivity index (χ1) is 10.8. The summed E-state index contributed by atoms with van der Waals surface area (Å²) in [7, 11) is 0. The number of fused-ring (bicyclic) bond motifs is 2. The number of ether oxygens (including phenoxy) is 2. The van der Waals surface area contributed by atoms with E-state index in [0.29, 0.717) is 24.0 Å². The average Bonchev–Trinajstić information content (AvgIpc) is 2.83. The van der Waals surface area contributed by atoms with Gasteiger partial charge in [0.1, 0.15) is 0 Å². The number of benzene rings is 1. The van der Waals surface area contributed by atoms with Crippen LogP contribution in [0.3, 0.4) is 0 Å². The molecule has 2 unspecified atom stereocenters. The molecule has 2 atom stereocenters. The Balaban J connectivity index is 0.00000156. The molecule has 0 amide bonds. The highest BCUT2D eigenvalue weighted by atomic mass is 35.5. The van der Waals surface area contributed by atoms with Crippen molar-refractivity contribution in [3.05, 3.63) is 22.7 Å². The molecule has 0 aliphatic carbocycles. The second-order valence-electron chi connectivity index (χ2n) is 6.59. The largest absolute Gasteiger partial charge is 0.489 e. The van der Waals surface area contributed by atoms with Crippen molar-refractivity contribution in [1.82, 2.24) is 10.2 Å². The van der Waals surface area contributed by atoms with Gasteiger partial charge in [0, 0.05) is 25.6 Å². The SMILES string of the molecule is Cl.Clc1cc(CN2CCC3NCCC3C2)cc2c1OCCCO2. The molecule has 23 heavy (non-hydrogen) atoms. The van der Waals surface area contributed by atoms with Crippen LogP contribution in [-0.2, 0) is 6.54 Å². The van der Waals surface area contributed by atoms with Gasteiger partial charge in [0.25, 0.3) is 0 Å². The summed E-state index contributed by atoms with van der Waals surface area (Å²) in [6.45, 7) is 5.84. The lowest BCUT2D eigenvalue weighted by Crippen LogP contribution is -2.43. The Labute approximate surface area is 148 Å². The van der Waals surface area contributed by atoms with Crippen LogP contribution >= 0.6 is 24.0 Å². The van der Waals surface area contributed by atoms with Gasteiger partial charge in [0.2, 0.25) is 0 Å². The molecular formula is C17H24Cl2N2O2. The van der Waals surface area contributed by atoms with E-state index in [-0.39, 0.29) is 12.4 Å². The summed E-state index contributed by atoms with van der Waals surface area (Å²) in [6, 6.07) is 4.88. The molecule has 3 aliphatic heterocycles. The van der Waals surface area contributed by atoms with E-state index in [1.54, 1.807) is 0 Å². The molecular weight excluding hydrogens is 335 g/mol. The Morgan fingerprint density at radius 3 is 3.00 bits per heavy atom. The van der Waals surface area contributed by atoms with Gasteiger partial charge in [-0.05, 0) is 49.5 Å². The fourth-order valence-corrected chi connectivity index (χ4v) is 4.19. The summed E-state index contributed by atoms with van der Waals surface area (Å²) in [5.74, 6) is 2.32. The Morgan fingerprint density at radius 2 is 2.09 bits per heavy atom. The summed E-state index contributed by atoms with van der Waals surface area (Å²) >= 11 is 6.39. The number of nitrogens with one attached hydrogen (secondary N) is 1. The molecule has 2 saturated heterocycles. The van der Waals surface area contributed by atoms with Gasteiger partial charge >= 0.3 is 0 Å². The van der Waals surface area contributed by atoms with Crippen molar-refractivity contribution >= 4 is 24.0 Å². The Kier molecular flexibility index (Phi) is 5.57. The van der Waals surface area contributed by atoms with Gasteiger partial charge < -0.3 is 14.8 Å². The van der Waals surface area contributed by atoms with Gasteiger partial charge in [0.15, 0.2) is 11.5 Å². The predicted molar refractivity (Wildman–Crippen MR) is 94.1 cm³/mol. The lowest BCUT2D eigenvalue weighted by Gasteiger charge is -2.35. The number of hydrogen-bond acceptors (Lipinski definition) is 4. The fourth-order valence-electron chi connectivity index (χ4n) is 3.90. The minimum Gasteiger partial charge on any atom is -0.489 e. The van der Waals surface area contributed by atoms with E-state index in [1.807, 2.05) is 6.07 Å². The highest BCUT2D eigenvalue weighted by Crippen LogP contribution is 2.38. The summed E-state index contributed by atoms with van der Waals surface area (Å²) in [6.07, 6.45) is 3.47. The summed E-state index contributed by atoms with van der Waals surface area (Å²) in [5, 5.41) is 4.29. The van der Waals surface area contributed by atoms with Gasteiger partial charge in [-0.1, -0.05) is 11.6 Å². The third-order valence-corrected chi connectivity index (χ3v) is 5.29. The van der Waals surface area contributed by atoms with Crippen molar-refractivity contribution in [2.24, 2.45) is 5.92 Å². The smallest absolute Gasteiger partial charge is 0.179 e. The van der Waals surface area contributed by atoms with Gasteiger partial charge in [-0.2, -0.15) is 0 Å². The highest BCUT2D eigenvalue weighted by molar-refractivity contribution is 6.32. The second-order valence-corrected chi connectivity index (χ2v) is 7.00. The van der Waals surface area contributed by atoms with Gasteiger partial charge in [0.05, 0.1) is 18.2 Å². The molecule has 0 aromatic heterocycles. The Morgan fingerprint density at radius 1 is 1.22 bits per heavy atom. The van der Waals surface area contributed by atoms with E-state index in [2.05, 4.69) is 16.3 Å². The maximum Gasteiger partial charge on any atom is 0.179 e. The first-order valence-electron chi connectivity index (χ1n) is 8.33. The molecule has 3 aliphatic rings. The third-order valence-electron chi connectivity index (χ3n) is 5.01. The van der Waals surface area contributed by atoms with E-state index in [9.17, 15) is 0 Å². The third kappa shape index (κ3) is 3.71. The molecule has 0 saturated carbocycles. The quantitative estimate of drug-likeness (QED) is 0.880. The van der Waals surface area contributed by atoms with Crippen LogP contribution in [0.5, 0.6) is 11.5 Å². The molecule has 2 fully saturated rings. The van der Waals surface area contributed by atoms with Crippen LogP contribution in [0.2, 0.25) is 5.02 Å². The molecule has 4 rings (SSSR count). The van der Waals surface area contributed by atoms with Crippen LogP contribution in [0.4, 0.5) is 0 Å². The minimum absolute atomic E-state index is 0. The van der Waals surface area contributed by atoms with Crippen LogP contribution in [0.25, 0.3) is 0 Å². The molecule has 4 nitrogen and oxygen atoms in total. The van der Waals surface area contributed by atoms with E-state index in [0.717, 1.165) is 37.2 Å². The molecule has 128 valence electrons. The van der Waals surface area contributed by atoms with Crippen LogP contribution < -0.4 is 14.8 Å². The van der Waals surface area contributed by atoms with Gasteiger partial charge in [-0.15, -0.1) is 12.4 Å². The van der Waals surface area contributed by atoms with Crippen LogP contribution in [0.1, 0.15) is 24.8 Å². The van der Waals surface area contributed by atoms with Crippen molar-refractivity contribution in [1.29, 1.82) is 0 Å². The number of halogens is 2. The molecule has 6 heteroatoms. The van der Waals surface area contributed by atoms with Crippen molar-refractivity contribution in [3.8, 4) is 11.5 Å². The number of likely N-dealkylation sites (tertiary alicyclic amines) is 1. The normalized spacial score (nSPS) is 27.0. The Bertz CT molecular complexity index is 556.